The zero-order valence-corrected chi connectivity index (χ0v) is 11.2. The van der Waals surface area contributed by atoms with Gasteiger partial charge in [0, 0.05) is 30.1 Å². The fourth-order valence-electron chi connectivity index (χ4n) is 2.36. The number of nitrogens with zero attached hydrogens (tertiary/aromatic N) is 1. The van der Waals surface area contributed by atoms with Gasteiger partial charge in [-0.3, -0.25) is 0 Å². The molecule has 2 rings (SSSR count). The number of fused-ring (bicyclic) bond motifs is 1. The average molecular weight is 251 g/mol. The van der Waals surface area contributed by atoms with E-state index in [0.29, 0.717) is 0 Å². The van der Waals surface area contributed by atoms with E-state index in [-0.39, 0.29) is 6.10 Å². The molecule has 1 heterocycles. The Bertz CT molecular complexity index is 356. The van der Waals surface area contributed by atoms with Gasteiger partial charge in [-0.05, 0) is 24.7 Å². The lowest BCUT2D eigenvalue weighted by Gasteiger charge is -2.25. The number of hydrogen-bond acceptors (Lipinski definition) is 3. The molecule has 1 aliphatic heterocycles. The highest BCUT2D eigenvalue weighted by Crippen LogP contribution is 2.32. The molecule has 1 aliphatic rings. The van der Waals surface area contributed by atoms with Crippen LogP contribution in [0.4, 0.5) is 5.69 Å². The molecule has 1 aromatic rings. The fourth-order valence-corrected chi connectivity index (χ4v) is 3.00. The van der Waals surface area contributed by atoms with Crippen molar-refractivity contribution in [2.24, 2.45) is 0 Å². The minimum absolute atomic E-state index is 0.282. The predicted octanol–water partition coefficient (Wildman–Crippen LogP) is 3.07. The van der Waals surface area contributed by atoms with E-state index in [1.165, 1.54) is 17.2 Å². The third kappa shape index (κ3) is 3.17. The van der Waals surface area contributed by atoms with Gasteiger partial charge in [-0.1, -0.05) is 25.1 Å². The first-order valence-electron chi connectivity index (χ1n) is 6.42. The van der Waals surface area contributed by atoms with Crippen LogP contribution in [-0.2, 0) is 0 Å². The highest BCUT2D eigenvalue weighted by molar-refractivity contribution is 7.99. The molecule has 1 N–H and O–H groups in total. The Morgan fingerprint density at radius 1 is 1.41 bits per heavy atom. The number of para-hydroxylation sites is 1. The molecule has 0 saturated heterocycles. The van der Waals surface area contributed by atoms with E-state index in [1.54, 1.807) is 0 Å². The summed E-state index contributed by atoms with van der Waals surface area (Å²) in [7, 11) is 0. The first-order valence-corrected chi connectivity index (χ1v) is 7.58. The Morgan fingerprint density at radius 3 is 3.06 bits per heavy atom. The third-order valence-corrected chi connectivity index (χ3v) is 4.13. The largest absolute Gasteiger partial charge is 0.388 e. The van der Waals surface area contributed by atoms with E-state index in [1.807, 2.05) is 17.8 Å². The zero-order chi connectivity index (χ0) is 12.1. The van der Waals surface area contributed by atoms with Crippen LogP contribution >= 0.6 is 11.8 Å². The maximum Gasteiger partial charge on any atom is 0.0810 e. The van der Waals surface area contributed by atoms with Gasteiger partial charge in [0.05, 0.1) is 6.10 Å². The first kappa shape index (κ1) is 12.8. The van der Waals surface area contributed by atoms with Crippen molar-refractivity contribution in [2.45, 2.75) is 25.9 Å². The molecule has 0 radical (unpaired) electrons. The molecule has 0 aliphatic carbocycles. The average Bonchev–Trinajstić information content (AvgIpc) is 2.51. The Kier molecular flexibility index (Phi) is 4.75. The van der Waals surface area contributed by atoms with Crippen LogP contribution in [-0.4, -0.2) is 29.7 Å². The number of rotatable bonds is 4. The standard InChI is InChI=1S/C14H21NOS/c1-2-17-11-10-15-9-5-8-14(16)12-6-3-4-7-13(12)15/h3-4,6-7,14,16H,2,5,8-11H2,1H3. The maximum atomic E-state index is 10.1. The zero-order valence-electron chi connectivity index (χ0n) is 10.4. The number of thioether (sulfide) groups is 1. The molecular formula is C14H21NOS. The van der Waals surface area contributed by atoms with Crippen LogP contribution in [0.3, 0.4) is 0 Å². The molecule has 94 valence electrons. The third-order valence-electron chi connectivity index (χ3n) is 3.25. The summed E-state index contributed by atoms with van der Waals surface area (Å²) in [6, 6.07) is 8.29. The smallest absolute Gasteiger partial charge is 0.0810 e. The van der Waals surface area contributed by atoms with Crippen molar-refractivity contribution >= 4 is 17.4 Å². The van der Waals surface area contributed by atoms with Crippen LogP contribution in [0.1, 0.15) is 31.4 Å². The second kappa shape index (κ2) is 6.31. The number of benzene rings is 1. The van der Waals surface area contributed by atoms with Crippen molar-refractivity contribution in [2.75, 3.05) is 29.5 Å². The molecule has 0 fully saturated rings. The summed E-state index contributed by atoms with van der Waals surface area (Å²) in [5, 5.41) is 10.1. The highest BCUT2D eigenvalue weighted by atomic mass is 32.2. The van der Waals surface area contributed by atoms with Gasteiger partial charge < -0.3 is 10.0 Å². The lowest BCUT2D eigenvalue weighted by Crippen LogP contribution is -2.26. The van der Waals surface area contributed by atoms with E-state index in [2.05, 4.69) is 30.0 Å². The molecule has 1 unspecified atom stereocenters. The van der Waals surface area contributed by atoms with Gasteiger partial charge in [-0.25, -0.2) is 0 Å². The minimum Gasteiger partial charge on any atom is -0.388 e. The molecule has 0 amide bonds. The van der Waals surface area contributed by atoms with Crippen molar-refractivity contribution < 1.29 is 5.11 Å². The van der Waals surface area contributed by atoms with Crippen molar-refractivity contribution in [1.82, 2.24) is 0 Å². The Morgan fingerprint density at radius 2 is 2.24 bits per heavy atom. The van der Waals surface area contributed by atoms with Crippen LogP contribution < -0.4 is 4.90 Å². The number of hydrogen-bond donors (Lipinski definition) is 1. The van der Waals surface area contributed by atoms with Gasteiger partial charge >= 0.3 is 0 Å². The van der Waals surface area contributed by atoms with E-state index < -0.39 is 0 Å². The molecule has 1 atom stereocenters. The van der Waals surface area contributed by atoms with Gasteiger partial charge in [0.2, 0.25) is 0 Å². The number of anilines is 1. The summed E-state index contributed by atoms with van der Waals surface area (Å²) in [5.74, 6) is 2.35. The van der Waals surface area contributed by atoms with Gasteiger partial charge in [0.25, 0.3) is 0 Å². The topological polar surface area (TPSA) is 23.5 Å². The van der Waals surface area contributed by atoms with Crippen LogP contribution in [0.2, 0.25) is 0 Å². The molecular weight excluding hydrogens is 230 g/mol. The quantitative estimate of drug-likeness (QED) is 0.832. The summed E-state index contributed by atoms with van der Waals surface area (Å²) in [5.41, 5.74) is 2.33. The SMILES string of the molecule is CCSCCN1CCCC(O)c2ccccc21. The summed E-state index contributed by atoms with van der Waals surface area (Å²) in [6.45, 7) is 4.35. The second-order valence-corrected chi connectivity index (χ2v) is 5.79. The normalized spacial score (nSPS) is 19.9. The second-order valence-electron chi connectivity index (χ2n) is 4.40. The summed E-state index contributed by atoms with van der Waals surface area (Å²) >= 11 is 1.98. The molecule has 17 heavy (non-hydrogen) atoms. The summed E-state index contributed by atoms with van der Waals surface area (Å²) in [4.78, 5) is 2.42. The Balaban J connectivity index is 2.14. The predicted molar refractivity (Wildman–Crippen MR) is 75.8 cm³/mol. The lowest BCUT2D eigenvalue weighted by atomic mass is 10.0. The molecule has 0 saturated carbocycles. The highest BCUT2D eigenvalue weighted by Gasteiger charge is 2.20. The molecule has 2 nitrogen and oxygen atoms in total. The molecule has 0 spiro atoms. The van der Waals surface area contributed by atoms with E-state index in [9.17, 15) is 5.11 Å². The van der Waals surface area contributed by atoms with Crippen LogP contribution in [0, 0.1) is 0 Å². The van der Waals surface area contributed by atoms with E-state index in [4.69, 9.17) is 0 Å². The van der Waals surface area contributed by atoms with E-state index in [0.717, 1.165) is 31.5 Å². The Hall–Kier alpha value is -0.670. The molecule has 0 aromatic heterocycles. The molecule has 0 bridgehead atoms. The summed E-state index contributed by atoms with van der Waals surface area (Å²) < 4.78 is 0. The van der Waals surface area contributed by atoms with Crippen LogP contribution in [0.15, 0.2) is 24.3 Å². The van der Waals surface area contributed by atoms with Crippen LogP contribution in [0.5, 0.6) is 0 Å². The molecule has 3 heteroatoms. The number of aliphatic hydroxyl groups excluding tert-OH is 1. The van der Waals surface area contributed by atoms with Crippen molar-refractivity contribution in [3.05, 3.63) is 29.8 Å². The van der Waals surface area contributed by atoms with Crippen molar-refractivity contribution in [1.29, 1.82) is 0 Å². The van der Waals surface area contributed by atoms with Crippen molar-refractivity contribution in [3.8, 4) is 0 Å². The van der Waals surface area contributed by atoms with Gasteiger partial charge in [-0.2, -0.15) is 11.8 Å². The van der Waals surface area contributed by atoms with Crippen LogP contribution in [0.25, 0.3) is 0 Å². The Labute approximate surface area is 108 Å². The van der Waals surface area contributed by atoms with Gasteiger partial charge in [0.1, 0.15) is 0 Å². The number of aliphatic hydroxyl groups is 1. The lowest BCUT2D eigenvalue weighted by molar-refractivity contribution is 0.168. The van der Waals surface area contributed by atoms with Gasteiger partial charge in [-0.15, -0.1) is 0 Å². The van der Waals surface area contributed by atoms with E-state index >= 15 is 0 Å². The van der Waals surface area contributed by atoms with Gasteiger partial charge in [0.15, 0.2) is 0 Å². The first-order chi connectivity index (χ1) is 8.33. The maximum absolute atomic E-state index is 10.1. The minimum atomic E-state index is -0.282. The van der Waals surface area contributed by atoms with Crippen molar-refractivity contribution in [3.63, 3.8) is 0 Å². The monoisotopic (exact) mass is 251 g/mol. The molecule has 1 aromatic carbocycles. The summed E-state index contributed by atoms with van der Waals surface area (Å²) in [6.07, 6.45) is 1.68. The fraction of sp³-hybridized carbons (Fsp3) is 0.571.